The molecular formula is C8H12ClN. The number of rotatable bonds is 4. The number of hydrogen-bond donors (Lipinski definition) is 0. The Labute approximate surface area is 68.3 Å². The fraction of sp³-hybridized carbons (Fsp3) is 0.250. The minimum absolute atomic E-state index is 0. The van der Waals surface area contributed by atoms with Gasteiger partial charge in [0, 0.05) is 0 Å². The summed E-state index contributed by atoms with van der Waals surface area (Å²) < 4.78 is 3.96. The first-order valence-electron chi connectivity index (χ1n) is 2.97. The Balaban J connectivity index is 0. The lowest BCUT2D eigenvalue weighted by Crippen LogP contribution is -3.00. The summed E-state index contributed by atoms with van der Waals surface area (Å²) in [6.45, 7) is 7.11. The molecule has 0 aromatic rings. The average molecular weight is 158 g/mol. The van der Waals surface area contributed by atoms with Crippen LogP contribution in [0.25, 0.3) is 0 Å². The Bertz CT molecular complexity index is 129. The molecule has 1 nitrogen and oxygen atoms in total. The van der Waals surface area contributed by atoms with E-state index in [4.69, 9.17) is 0 Å². The first-order valence-corrected chi connectivity index (χ1v) is 2.97. The van der Waals surface area contributed by atoms with E-state index in [0.717, 1.165) is 12.8 Å². The molecule has 0 amide bonds. The van der Waals surface area contributed by atoms with E-state index in [9.17, 15) is 0 Å². The number of halogens is 1. The van der Waals surface area contributed by atoms with Crippen LogP contribution in [0.3, 0.4) is 0 Å². The molecule has 0 aromatic carbocycles. The first kappa shape index (κ1) is 12.0. The van der Waals surface area contributed by atoms with Crippen LogP contribution in [0.15, 0.2) is 25.3 Å². The average Bonchev–Trinajstić information content (AvgIpc) is 1.89. The monoisotopic (exact) mass is 157 g/mol. The summed E-state index contributed by atoms with van der Waals surface area (Å²) in [4.78, 5) is 0. The van der Waals surface area contributed by atoms with E-state index < -0.39 is 0 Å². The molecule has 0 N–H and O–H groups in total. The quantitative estimate of drug-likeness (QED) is 0.264. The summed E-state index contributed by atoms with van der Waals surface area (Å²) in [6, 6.07) is 0. The molecule has 0 saturated heterocycles. The van der Waals surface area contributed by atoms with Crippen LogP contribution < -0.4 is 17.1 Å². The third-order valence-corrected chi connectivity index (χ3v) is 0.755. The van der Waals surface area contributed by atoms with E-state index in [-0.39, 0.29) is 12.4 Å². The van der Waals surface area contributed by atoms with Crippen molar-refractivity contribution in [3.63, 3.8) is 0 Å². The van der Waals surface area contributed by atoms with Crippen LogP contribution >= 0.6 is 0 Å². The van der Waals surface area contributed by atoms with Crippen molar-refractivity contribution < 1.29 is 12.4 Å². The maximum Gasteiger partial charge on any atom is 0.272 e. The Morgan fingerprint density at radius 1 is 1.00 bits per heavy atom. The van der Waals surface area contributed by atoms with Gasteiger partial charge in [0.1, 0.15) is 0 Å². The lowest BCUT2D eigenvalue weighted by Gasteiger charge is -1.60. The van der Waals surface area contributed by atoms with Gasteiger partial charge in [0.05, 0.1) is 12.8 Å². The van der Waals surface area contributed by atoms with E-state index in [1.165, 1.54) is 0 Å². The summed E-state index contributed by atoms with van der Waals surface area (Å²) in [5.41, 5.74) is 0. The van der Waals surface area contributed by atoms with Crippen molar-refractivity contribution in [1.82, 2.24) is 4.67 Å². The van der Waals surface area contributed by atoms with Gasteiger partial charge in [-0.15, -0.1) is 17.8 Å². The van der Waals surface area contributed by atoms with E-state index in [2.05, 4.69) is 17.8 Å². The second kappa shape index (κ2) is 11.1. The van der Waals surface area contributed by atoms with Gasteiger partial charge in [0.15, 0.2) is 0 Å². The normalized spacial score (nSPS) is 6.40. The fourth-order valence-corrected chi connectivity index (χ4v) is 0.345. The van der Waals surface area contributed by atoms with Gasteiger partial charge in [-0.3, -0.25) is 0 Å². The minimum Gasteiger partial charge on any atom is -1.00 e. The van der Waals surface area contributed by atoms with Crippen molar-refractivity contribution in [3.8, 4) is 0 Å². The molecule has 0 aromatic heterocycles. The van der Waals surface area contributed by atoms with Gasteiger partial charge in [-0.05, 0) is 0 Å². The van der Waals surface area contributed by atoms with Crippen LogP contribution in [-0.2, 0) is 0 Å². The molecule has 0 bridgehead atoms. The molecule has 0 fully saturated rings. The number of allylic oxidation sites excluding steroid dienone is 2. The Morgan fingerprint density at radius 3 is 1.70 bits per heavy atom. The Kier molecular flexibility index (Phi) is 13.2. The van der Waals surface area contributed by atoms with Crippen LogP contribution in [-0.4, -0.2) is 12.4 Å². The highest BCUT2D eigenvalue weighted by Crippen LogP contribution is 1.67. The zero-order valence-electron chi connectivity index (χ0n) is 5.96. The largest absolute Gasteiger partial charge is 1.00 e. The third kappa shape index (κ3) is 10.3. The van der Waals surface area contributed by atoms with Gasteiger partial charge >= 0.3 is 0 Å². The van der Waals surface area contributed by atoms with Gasteiger partial charge < -0.3 is 12.4 Å². The molecule has 0 unspecified atom stereocenters. The van der Waals surface area contributed by atoms with Gasteiger partial charge in [-0.2, -0.15) is 0 Å². The van der Waals surface area contributed by atoms with Crippen molar-refractivity contribution in [2.24, 2.45) is 0 Å². The highest BCUT2D eigenvalue weighted by atomic mass is 35.5. The fourth-order valence-electron chi connectivity index (χ4n) is 0.345. The van der Waals surface area contributed by atoms with Crippen molar-refractivity contribution in [1.29, 1.82) is 0 Å². The lowest BCUT2D eigenvalue weighted by atomic mass is 10.4. The summed E-state index contributed by atoms with van der Waals surface area (Å²) >= 11 is 0. The van der Waals surface area contributed by atoms with Crippen molar-refractivity contribution in [3.05, 3.63) is 25.3 Å². The molecule has 56 valence electrons. The van der Waals surface area contributed by atoms with Crippen molar-refractivity contribution >= 4 is 12.4 Å². The maximum absolute atomic E-state index is 3.96. The van der Waals surface area contributed by atoms with E-state index in [1.807, 2.05) is 24.6 Å². The molecule has 0 heterocycles. The van der Waals surface area contributed by atoms with Crippen molar-refractivity contribution in [2.45, 2.75) is 12.8 Å². The second-order valence-electron chi connectivity index (χ2n) is 1.56. The molecule has 0 aliphatic rings. The topological polar surface area (TPSA) is 14.1 Å². The van der Waals surface area contributed by atoms with Crippen LogP contribution in [0.1, 0.15) is 12.8 Å². The molecule has 10 heavy (non-hydrogen) atoms. The highest BCUT2D eigenvalue weighted by molar-refractivity contribution is 5.67. The van der Waals surface area contributed by atoms with E-state index in [1.54, 1.807) is 0 Å². The number of nitrogens with zero attached hydrogens (tertiary/aromatic N) is 1. The van der Waals surface area contributed by atoms with Crippen LogP contribution in [0.5, 0.6) is 0 Å². The predicted octanol–water partition coefficient (Wildman–Crippen LogP) is -1.65. The van der Waals surface area contributed by atoms with Crippen LogP contribution in [0.2, 0.25) is 0 Å². The minimum atomic E-state index is 0. The van der Waals surface area contributed by atoms with Crippen LogP contribution in [0.4, 0.5) is 0 Å². The van der Waals surface area contributed by atoms with Gasteiger partial charge in [-0.1, -0.05) is 12.2 Å². The SMILES string of the molecule is C=CCC=[N+]=CCC=C.[Cl-]. The summed E-state index contributed by atoms with van der Waals surface area (Å²) in [5.74, 6) is 0. The summed E-state index contributed by atoms with van der Waals surface area (Å²) in [7, 11) is 0. The zero-order chi connectivity index (χ0) is 6.95. The predicted molar refractivity (Wildman–Crippen MR) is 43.9 cm³/mol. The lowest BCUT2D eigenvalue weighted by molar-refractivity contribution is -0.00000199. The molecule has 0 aliphatic heterocycles. The molecule has 0 rings (SSSR count). The highest BCUT2D eigenvalue weighted by Gasteiger charge is 1.76. The van der Waals surface area contributed by atoms with Gasteiger partial charge in [0.2, 0.25) is 0 Å². The Morgan fingerprint density at radius 2 is 1.40 bits per heavy atom. The summed E-state index contributed by atoms with van der Waals surface area (Å²) in [6.07, 6.45) is 8.94. The molecule has 0 aliphatic carbocycles. The van der Waals surface area contributed by atoms with Gasteiger partial charge in [0.25, 0.3) is 12.4 Å². The van der Waals surface area contributed by atoms with E-state index >= 15 is 0 Å². The molecule has 0 saturated carbocycles. The molecule has 0 atom stereocenters. The summed E-state index contributed by atoms with van der Waals surface area (Å²) in [5, 5.41) is 0. The second-order valence-corrected chi connectivity index (χ2v) is 1.56. The smallest absolute Gasteiger partial charge is 0.272 e. The zero-order valence-corrected chi connectivity index (χ0v) is 6.72. The number of hydrogen-bond acceptors (Lipinski definition) is 0. The molecular weight excluding hydrogens is 146 g/mol. The van der Waals surface area contributed by atoms with Crippen LogP contribution in [0, 0.1) is 0 Å². The molecule has 0 spiro atoms. The first-order chi connectivity index (χ1) is 4.41. The molecule has 2 heteroatoms. The third-order valence-electron chi connectivity index (χ3n) is 0.755. The van der Waals surface area contributed by atoms with Gasteiger partial charge in [-0.25, -0.2) is 0 Å². The van der Waals surface area contributed by atoms with E-state index in [0.29, 0.717) is 0 Å². The molecule has 0 radical (unpaired) electrons. The van der Waals surface area contributed by atoms with Crippen molar-refractivity contribution in [2.75, 3.05) is 0 Å². The standard InChI is InChI=1S/C8H12N.ClH/c1-3-5-7-9-8-6-4-2;/h3-4,7-8H,1-2,5-6H2;1H/q+1;/p-1. The Hall–Kier alpha value is -0.780. The maximum atomic E-state index is 3.96.